The number of hydrogen-bond donors (Lipinski definition) is 1. The van der Waals surface area contributed by atoms with Crippen molar-refractivity contribution in [3.63, 3.8) is 0 Å². The van der Waals surface area contributed by atoms with E-state index in [1.54, 1.807) is 38.1 Å². The molecular weight excluding hydrogens is 459 g/mol. The van der Waals surface area contributed by atoms with Gasteiger partial charge in [0, 0.05) is 26.2 Å². The van der Waals surface area contributed by atoms with Crippen LogP contribution in [0.2, 0.25) is 0 Å². The van der Waals surface area contributed by atoms with Crippen molar-refractivity contribution in [3.05, 3.63) is 29.8 Å². The number of carbonyl (C=O) groups excluding carboxylic acids is 1. The summed E-state index contributed by atoms with van der Waals surface area (Å²) in [6, 6.07) is 6.84. The first kappa shape index (κ1) is 29.5. The van der Waals surface area contributed by atoms with E-state index in [9.17, 15) is 27.9 Å². The molecule has 1 rings (SSSR count). The van der Waals surface area contributed by atoms with Gasteiger partial charge in [-0.1, -0.05) is 19.1 Å². The van der Waals surface area contributed by atoms with Gasteiger partial charge < -0.3 is 29.0 Å². The summed E-state index contributed by atoms with van der Waals surface area (Å²) in [5, 5.41) is 9.18. The fourth-order valence-corrected chi connectivity index (χ4v) is 2.80. The molecule has 0 saturated carbocycles. The van der Waals surface area contributed by atoms with Crippen molar-refractivity contribution in [1.29, 1.82) is 0 Å². The second-order valence-corrected chi connectivity index (χ2v) is 7.59. The second kappa shape index (κ2) is 15.4. The van der Waals surface area contributed by atoms with Crippen molar-refractivity contribution in [2.45, 2.75) is 58.4 Å². The van der Waals surface area contributed by atoms with Crippen LogP contribution in [-0.2, 0) is 25.4 Å². The van der Waals surface area contributed by atoms with Gasteiger partial charge in [0.2, 0.25) is 0 Å². The minimum atomic E-state index is -4.39. The lowest BCUT2D eigenvalue weighted by Gasteiger charge is -2.24. The number of halogens is 3. The summed E-state index contributed by atoms with van der Waals surface area (Å²) in [6.45, 7) is 4.62. The van der Waals surface area contributed by atoms with Gasteiger partial charge in [0.15, 0.2) is 6.10 Å². The van der Waals surface area contributed by atoms with E-state index in [-0.39, 0.29) is 45.2 Å². The summed E-state index contributed by atoms with van der Waals surface area (Å²) >= 11 is 0. The van der Waals surface area contributed by atoms with Crippen molar-refractivity contribution in [1.82, 2.24) is 4.90 Å². The van der Waals surface area contributed by atoms with E-state index in [0.29, 0.717) is 18.8 Å². The first-order chi connectivity index (χ1) is 16.1. The van der Waals surface area contributed by atoms with Crippen molar-refractivity contribution in [3.8, 4) is 5.75 Å². The highest BCUT2D eigenvalue weighted by molar-refractivity contribution is 5.72. The molecule has 1 aromatic carbocycles. The fraction of sp³-hybridized carbons (Fsp3) is 0.652. The molecule has 2 unspecified atom stereocenters. The number of ether oxygens (including phenoxy) is 4. The van der Waals surface area contributed by atoms with Gasteiger partial charge in [0.25, 0.3) is 0 Å². The molecule has 1 amide bonds. The number of benzene rings is 1. The van der Waals surface area contributed by atoms with Crippen molar-refractivity contribution in [2.24, 2.45) is 0 Å². The number of nitrogens with zero attached hydrogens (tertiary/aromatic N) is 1. The lowest BCUT2D eigenvalue weighted by atomic mass is 10.1. The number of alkyl halides is 3. The van der Waals surface area contributed by atoms with Gasteiger partial charge in [-0.05, 0) is 44.4 Å². The van der Waals surface area contributed by atoms with Crippen LogP contribution < -0.4 is 4.74 Å². The number of carboxylic acids is 1. The topological polar surface area (TPSA) is 94.5 Å². The Balaban J connectivity index is 2.57. The molecule has 0 aliphatic heterocycles. The van der Waals surface area contributed by atoms with E-state index in [4.69, 9.17) is 14.2 Å². The highest BCUT2D eigenvalue weighted by atomic mass is 19.4. The van der Waals surface area contributed by atoms with Crippen LogP contribution in [0.1, 0.15) is 39.2 Å². The van der Waals surface area contributed by atoms with E-state index in [2.05, 4.69) is 4.74 Å². The molecule has 34 heavy (non-hydrogen) atoms. The van der Waals surface area contributed by atoms with Crippen LogP contribution in [0.3, 0.4) is 0 Å². The van der Waals surface area contributed by atoms with Gasteiger partial charge in [0.1, 0.15) is 25.1 Å². The molecule has 0 saturated heterocycles. The highest BCUT2D eigenvalue weighted by Gasteiger charge is 2.27. The molecule has 0 aliphatic rings. The Kier molecular flexibility index (Phi) is 13.4. The summed E-state index contributed by atoms with van der Waals surface area (Å²) < 4.78 is 57.3. The normalized spacial score (nSPS) is 13.2. The Hall–Kier alpha value is -2.53. The molecule has 0 aromatic heterocycles. The minimum absolute atomic E-state index is 0.134. The Morgan fingerprint density at radius 2 is 1.76 bits per heavy atom. The molecule has 0 bridgehead atoms. The summed E-state index contributed by atoms with van der Waals surface area (Å²) in [5.41, 5.74) is 0.769. The number of carbonyl (C=O) groups is 2. The molecule has 1 aromatic rings. The summed E-state index contributed by atoms with van der Waals surface area (Å²) in [4.78, 5) is 25.0. The monoisotopic (exact) mass is 493 g/mol. The van der Waals surface area contributed by atoms with Gasteiger partial charge >= 0.3 is 18.2 Å². The van der Waals surface area contributed by atoms with Crippen molar-refractivity contribution >= 4 is 12.1 Å². The van der Waals surface area contributed by atoms with Gasteiger partial charge in [-0.15, -0.1) is 0 Å². The van der Waals surface area contributed by atoms with Gasteiger partial charge in [0.05, 0.1) is 6.54 Å². The number of carboxylic acid groups (broad SMARTS) is 1. The molecule has 0 fully saturated rings. The van der Waals surface area contributed by atoms with Crippen LogP contribution in [-0.4, -0.2) is 80.0 Å². The zero-order valence-electron chi connectivity index (χ0n) is 19.8. The average Bonchev–Trinajstić information content (AvgIpc) is 2.77. The molecule has 0 aliphatic carbocycles. The smallest absolute Gasteiger partial charge is 0.411 e. The molecule has 8 nitrogen and oxygen atoms in total. The maximum atomic E-state index is 12.4. The van der Waals surface area contributed by atoms with Gasteiger partial charge in [-0.3, -0.25) is 0 Å². The molecular formula is C23H34F3NO7. The first-order valence-electron chi connectivity index (χ1n) is 11.2. The zero-order chi connectivity index (χ0) is 25.6. The van der Waals surface area contributed by atoms with E-state index < -0.39 is 30.9 Å². The maximum Gasteiger partial charge on any atom is 0.411 e. The first-order valence-corrected chi connectivity index (χ1v) is 11.2. The predicted molar refractivity (Wildman–Crippen MR) is 118 cm³/mol. The lowest BCUT2D eigenvalue weighted by Crippen LogP contribution is -2.38. The third-order valence-electron chi connectivity index (χ3n) is 4.74. The van der Waals surface area contributed by atoms with Gasteiger partial charge in [-0.2, -0.15) is 13.2 Å². The number of aliphatic carboxylic acids is 1. The molecule has 0 radical (unpaired) electrons. The van der Waals surface area contributed by atoms with Crippen LogP contribution >= 0.6 is 0 Å². The van der Waals surface area contributed by atoms with E-state index >= 15 is 0 Å². The van der Waals surface area contributed by atoms with Gasteiger partial charge in [-0.25, -0.2) is 9.59 Å². The van der Waals surface area contributed by atoms with Crippen LogP contribution in [0.15, 0.2) is 24.3 Å². The maximum absolute atomic E-state index is 12.4. The van der Waals surface area contributed by atoms with E-state index in [1.807, 2.05) is 6.92 Å². The summed E-state index contributed by atoms with van der Waals surface area (Å²) in [7, 11) is 0. The molecule has 0 heterocycles. The fourth-order valence-electron chi connectivity index (χ4n) is 2.80. The number of rotatable bonds is 16. The second-order valence-electron chi connectivity index (χ2n) is 7.59. The molecule has 1 N–H and O–H groups in total. The third kappa shape index (κ3) is 12.6. The number of amides is 1. The molecule has 194 valence electrons. The minimum Gasteiger partial charge on any atom is -0.492 e. The molecule has 11 heteroatoms. The van der Waals surface area contributed by atoms with Crippen LogP contribution in [0.5, 0.6) is 5.75 Å². The Bertz CT molecular complexity index is 728. The van der Waals surface area contributed by atoms with Crippen molar-refractivity contribution < 1.29 is 46.8 Å². The predicted octanol–water partition coefficient (Wildman–Crippen LogP) is 4.30. The Morgan fingerprint density at radius 1 is 1.09 bits per heavy atom. The quantitative estimate of drug-likeness (QED) is 0.343. The number of hydrogen-bond acceptors (Lipinski definition) is 6. The largest absolute Gasteiger partial charge is 0.492 e. The van der Waals surface area contributed by atoms with Crippen LogP contribution in [0.25, 0.3) is 0 Å². The van der Waals surface area contributed by atoms with Crippen LogP contribution in [0.4, 0.5) is 18.0 Å². The Labute approximate surface area is 197 Å². The molecule has 0 spiro atoms. The standard InChI is InChI=1S/C23H34F3NO7/c1-4-17(3)34-22(30)27(11-6-13-31-16-23(24,25)26)12-14-33-19-9-7-18(8-10-19)15-20(21(28)29)32-5-2/h7-10,17,20H,4-6,11-16H2,1-3H3,(H,28,29). The van der Waals surface area contributed by atoms with E-state index in [0.717, 1.165) is 5.56 Å². The Morgan fingerprint density at radius 3 is 2.32 bits per heavy atom. The average molecular weight is 494 g/mol. The van der Waals surface area contributed by atoms with E-state index in [1.165, 1.54) is 4.90 Å². The summed E-state index contributed by atoms with van der Waals surface area (Å²) in [5.74, 6) is -0.508. The summed E-state index contributed by atoms with van der Waals surface area (Å²) in [6.07, 6.45) is -5.13. The van der Waals surface area contributed by atoms with Crippen LogP contribution in [0, 0.1) is 0 Å². The zero-order valence-corrected chi connectivity index (χ0v) is 19.8. The lowest BCUT2D eigenvalue weighted by molar-refractivity contribution is -0.174. The SMILES string of the molecule is CCOC(Cc1ccc(OCCN(CCCOCC(F)(F)F)C(=O)OC(C)CC)cc1)C(=O)O. The highest BCUT2D eigenvalue weighted by Crippen LogP contribution is 2.16. The van der Waals surface area contributed by atoms with Crippen molar-refractivity contribution in [2.75, 3.05) is 39.5 Å². The molecule has 2 atom stereocenters. The third-order valence-corrected chi connectivity index (χ3v) is 4.74.